The van der Waals surface area contributed by atoms with E-state index in [0.29, 0.717) is 10.8 Å². The van der Waals surface area contributed by atoms with E-state index in [1.807, 2.05) is 32.9 Å². The summed E-state index contributed by atoms with van der Waals surface area (Å²) in [5.41, 5.74) is 6.90. The van der Waals surface area contributed by atoms with Crippen LogP contribution in [0.4, 0.5) is 10.1 Å². The van der Waals surface area contributed by atoms with Crippen LogP contribution in [-0.2, 0) is 4.79 Å². The van der Waals surface area contributed by atoms with Crippen LogP contribution < -0.4 is 20.9 Å². The second-order valence-electron chi connectivity index (χ2n) is 6.19. The van der Waals surface area contributed by atoms with Gasteiger partial charge in [-0.1, -0.05) is 37.6 Å². The van der Waals surface area contributed by atoms with Crippen molar-refractivity contribution in [1.29, 1.82) is 0 Å². The number of thiocarbonyl (C=S) groups is 1. The lowest BCUT2D eigenvalue weighted by Crippen LogP contribution is -2.45. The van der Waals surface area contributed by atoms with Crippen LogP contribution >= 0.6 is 23.8 Å². The predicted molar refractivity (Wildman–Crippen MR) is 110 cm³/mol. The summed E-state index contributed by atoms with van der Waals surface area (Å²) < 4.78 is 19.2. The fraction of sp³-hybridized carbons (Fsp3) is 0.263. The molecule has 0 aliphatic rings. The number of hydrogen-bond acceptors (Lipinski definition) is 3. The van der Waals surface area contributed by atoms with Crippen LogP contribution in [0, 0.1) is 12.7 Å². The number of hydrazine groups is 1. The Hall–Kier alpha value is -2.38. The number of nitrogens with one attached hydrogen (secondary N) is 3. The topological polar surface area (TPSA) is 62.4 Å². The van der Waals surface area contributed by atoms with Crippen molar-refractivity contribution in [2.75, 3.05) is 11.9 Å². The molecule has 2 rings (SSSR count). The third-order valence-corrected chi connectivity index (χ3v) is 4.32. The zero-order chi connectivity index (χ0) is 20.0. The van der Waals surface area contributed by atoms with Crippen molar-refractivity contribution in [1.82, 2.24) is 10.9 Å². The van der Waals surface area contributed by atoms with Gasteiger partial charge in [0.15, 0.2) is 11.7 Å². The minimum absolute atomic E-state index is 0.0543. The predicted octanol–water partition coefficient (Wildman–Crippen LogP) is 4.31. The number of benzene rings is 2. The highest BCUT2D eigenvalue weighted by Crippen LogP contribution is 2.31. The maximum Gasteiger partial charge on any atom is 0.276 e. The Labute approximate surface area is 168 Å². The first-order chi connectivity index (χ1) is 12.8. The van der Waals surface area contributed by atoms with Crippen LogP contribution in [0.5, 0.6) is 5.75 Å². The van der Waals surface area contributed by atoms with Gasteiger partial charge in [0.1, 0.15) is 11.6 Å². The average Bonchev–Trinajstić information content (AvgIpc) is 2.62. The summed E-state index contributed by atoms with van der Waals surface area (Å²) >= 11 is 11.2. The highest BCUT2D eigenvalue weighted by molar-refractivity contribution is 7.80. The van der Waals surface area contributed by atoms with Crippen molar-refractivity contribution < 1.29 is 13.9 Å². The van der Waals surface area contributed by atoms with E-state index in [1.54, 1.807) is 12.1 Å². The van der Waals surface area contributed by atoms with Gasteiger partial charge >= 0.3 is 0 Å². The molecule has 2 aromatic rings. The number of amides is 1. The molecule has 0 heterocycles. The molecule has 0 saturated carbocycles. The summed E-state index contributed by atoms with van der Waals surface area (Å²) in [7, 11) is 0. The first kappa shape index (κ1) is 20.9. The van der Waals surface area contributed by atoms with E-state index in [1.165, 1.54) is 12.1 Å². The number of hydrogen-bond donors (Lipinski definition) is 3. The van der Waals surface area contributed by atoms with Crippen molar-refractivity contribution in [2.45, 2.75) is 26.7 Å². The molecule has 5 nitrogen and oxygen atoms in total. The average molecular weight is 410 g/mol. The Morgan fingerprint density at radius 1 is 1.26 bits per heavy atom. The molecule has 3 N–H and O–H groups in total. The van der Waals surface area contributed by atoms with Gasteiger partial charge in [0, 0.05) is 5.02 Å². The summed E-state index contributed by atoms with van der Waals surface area (Å²) in [4.78, 5) is 12.0. The minimum atomic E-state index is -0.448. The third-order valence-electron chi connectivity index (χ3n) is 3.71. The van der Waals surface area contributed by atoms with Crippen LogP contribution in [0.2, 0.25) is 5.02 Å². The number of aryl methyl sites for hydroxylation is 1. The zero-order valence-electron chi connectivity index (χ0n) is 15.2. The molecular formula is C19H21ClFN3O2S. The molecule has 8 heteroatoms. The fourth-order valence-electron chi connectivity index (χ4n) is 2.27. The number of anilines is 1. The van der Waals surface area contributed by atoms with Crippen LogP contribution in [0.3, 0.4) is 0 Å². The van der Waals surface area contributed by atoms with E-state index in [-0.39, 0.29) is 23.3 Å². The lowest BCUT2D eigenvalue weighted by molar-refractivity contribution is -0.123. The van der Waals surface area contributed by atoms with Crippen molar-refractivity contribution >= 4 is 40.5 Å². The SMILES string of the molecule is Cc1cc(OCC(=O)NNC(=S)Nc2ccccc2F)c(C(C)C)cc1Cl. The van der Waals surface area contributed by atoms with Crippen molar-refractivity contribution in [3.05, 3.63) is 58.4 Å². The van der Waals surface area contributed by atoms with Gasteiger partial charge in [-0.2, -0.15) is 0 Å². The van der Waals surface area contributed by atoms with Gasteiger partial charge in [0.25, 0.3) is 5.91 Å². The molecule has 0 fully saturated rings. The second-order valence-corrected chi connectivity index (χ2v) is 7.01. The van der Waals surface area contributed by atoms with E-state index in [0.717, 1.165) is 11.1 Å². The van der Waals surface area contributed by atoms with Crippen LogP contribution in [-0.4, -0.2) is 17.6 Å². The van der Waals surface area contributed by atoms with Gasteiger partial charge in [-0.05, 0) is 60.5 Å². The zero-order valence-corrected chi connectivity index (χ0v) is 16.8. The smallest absolute Gasteiger partial charge is 0.276 e. The number of para-hydroxylation sites is 1. The lowest BCUT2D eigenvalue weighted by atomic mass is 10.0. The fourth-order valence-corrected chi connectivity index (χ4v) is 2.60. The molecule has 27 heavy (non-hydrogen) atoms. The standard InChI is InChI=1S/C19H21ClFN3O2S/c1-11(2)13-9-14(20)12(3)8-17(13)26-10-18(25)23-24-19(27)22-16-7-5-4-6-15(16)21/h4-9,11H,10H2,1-3H3,(H,23,25)(H2,22,24,27). The van der Waals surface area contributed by atoms with E-state index in [9.17, 15) is 9.18 Å². The molecule has 0 aliphatic carbocycles. The van der Waals surface area contributed by atoms with Gasteiger partial charge < -0.3 is 10.1 Å². The summed E-state index contributed by atoms with van der Waals surface area (Å²) in [6, 6.07) is 9.73. The summed E-state index contributed by atoms with van der Waals surface area (Å²) in [5, 5.41) is 3.36. The normalized spacial score (nSPS) is 10.4. The molecule has 0 spiro atoms. The largest absolute Gasteiger partial charge is 0.483 e. The van der Waals surface area contributed by atoms with Crippen LogP contribution in [0.25, 0.3) is 0 Å². The maximum atomic E-state index is 13.6. The minimum Gasteiger partial charge on any atom is -0.483 e. The Morgan fingerprint density at radius 3 is 2.63 bits per heavy atom. The number of halogens is 2. The molecule has 0 atom stereocenters. The van der Waals surface area contributed by atoms with E-state index >= 15 is 0 Å². The van der Waals surface area contributed by atoms with E-state index < -0.39 is 11.7 Å². The van der Waals surface area contributed by atoms with Gasteiger partial charge in [0.2, 0.25) is 0 Å². The van der Waals surface area contributed by atoms with Gasteiger partial charge in [0.05, 0.1) is 5.69 Å². The number of carbonyl (C=O) groups is 1. The van der Waals surface area contributed by atoms with Crippen molar-refractivity contribution in [3.63, 3.8) is 0 Å². The molecule has 144 valence electrons. The number of carbonyl (C=O) groups excluding carboxylic acids is 1. The number of rotatable bonds is 5. The molecule has 1 amide bonds. The van der Waals surface area contributed by atoms with Gasteiger partial charge in [-0.3, -0.25) is 15.6 Å². The van der Waals surface area contributed by atoms with Crippen LogP contribution in [0.1, 0.15) is 30.9 Å². The first-order valence-corrected chi connectivity index (χ1v) is 9.09. The second kappa shape index (κ2) is 9.53. The van der Waals surface area contributed by atoms with Gasteiger partial charge in [-0.15, -0.1) is 0 Å². The van der Waals surface area contributed by atoms with Gasteiger partial charge in [-0.25, -0.2) is 4.39 Å². The van der Waals surface area contributed by atoms with E-state index in [4.69, 9.17) is 28.6 Å². The first-order valence-electron chi connectivity index (χ1n) is 8.31. The molecule has 0 radical (unpaired) electrons. The molecule has 2 aromatic carbocycles. The van der Waals surface area contributed by atoms with Crippen LogP contribution in [0.15, 0.2) is 36.4 Å². The quantitative estimate of drug-likeness (QED) is 0.507. The highest BCUT2D eigenvalue weighted by atomic mass is 35.5. The monoisotopic (exact) mass is 409 g/mol. The van der Waals surface area contributed by atoms with E-state index in [2.05, 4.69) is 16.2 Å². The molecular weight excluding hydrogens is 389 g/mol. The Morgan fingerprint density at radius 2 is 1.96 bits per heavy atom. The molecule has 0 saturated heterocycles. The number of ether oxygens (including phenoxy) is 1. The third kappa shape index (κ3) is 6.08. The Bertz CT molecular complexity index is 846. The van der Waals surface area contributed by atoms with Crippen molar-refractivity contribution in [3.8, 4) is 5.75 Å². The lowest BCUT2D eigenvalue weighted by Gasteiger charge is -2.16. The Kier molecular flexibility index (Phi) is 7.38. The molecule has 0 aliphatic heterocycles. The van der Waals surface area contributed by atoms with Crippen molar-refractivity contribution in [2.24, 2.45) is 0 Å². The molecule has 0 unspecified atom stereocenters. The summed E-state index contributed by atoms with van der Waals surface area (Å²) in [6.07, 6.45) is 0. The summed E-state index contributed by atoms with van der Waals surface area (Å²) in [6.45, 7) is 5.69. The molecule has 0 aromatic heterocycles. The Balaban J connectivity index is 1.87. The molecule has 0 bridgehead atoms. The maximum absolute atomic E-state index is 13.6. The summed E-state index contributed by atoms with van der Waals surface area (Å²) in [5.74, 6) is -0.0865. The highest BCUT2D eigenvalue weighted by Gasteiger charge is 2.13.